The second kappa shape index (κ2) is 5.81. The molecule has 4 aliphatic rings. The van der Waals surface area contributed by atoms with Gasteiger partial charge in [-0.2, -0.15) is 5.10 Å². The normalized spacial score (nSPS) is 32.5. The van der Waals surface area contributed by atoms with E-state index in [4.69, 9.17) is 4.74 Å². The van der Waals surface area contributed by atoms with Gasteiger partial charge in [0.05, 0.1) is 12.0 Å². The van der Waals surface area contributed by atoms with E-state index in [2.05, 4.69) is 5.10 Å². The molecule has 0 radical (unpaired) electrons. The van der Waals surface area contributed by atoms with Gasteiger partial charge in [0, 0.05) is 51.1 Å². The Kier molecular flexibility index (Phi) is 3.64. The van der Waals surface area contributed by atoms with E-state index in [0.29, 0.717) is 26.3 Å². The van der Waals surface area contributed by atoms with Gasteiger partial charge in [-0.1, -0.05) is 0 Å². The van der Waals surface area contributed by atoms with Gasteiger partial charge in [0.25, 0.3) is 5.91 Å². The van der Waals surface area contributed by atoms with Gasteiger partial charge in [-0.3, -0.25) is 14.3 Å². The summed E-state index contributed by atoms with van der Waals surface area (Å²) in [5.41, 5.74) is -0.964. The van der Waals surface area contributed by atoms with Crippen molar-refractivity contribution in [1.82, 2.24) is 19.6 Å². The van der Waals surface area contributed by atoms with Crippen LogP contribution < -0.4 is 0 Å². The minimum Gasteiger partial charge on any atom is -0.381 e. The highest BCUT2D eigenvalue weighted by molar-refractivity contribution is 5.90. The Balaban J connectivity index is 1.41. The fourth-order valence-electron chi connectivity index (χ4n) is 5.16. The maximum Gasteiger partial charge on any atom is 0.250 e. The number of amides is 2. The molecule has 0 spiro atoms. The Hall–Kier alpha value is -1.89. The minimum atomic E-state index is -0.518. The Bertz CT molecular complexity index is 708. The van der Waals surface area contributed by atoms with E-state index in [-0.39, 0.29) is 17.7 Å². The van der Waals surface area contributed by atoms with Gasteiger partial charge >= 0.3 is 0 Å². The molecule has 0 aromatic carbocycles. The molecule has 3 aliphatic heterocycles. The van der Waals surface area contributed by atoms with E-state index in [0.717, 1.165) is 45.2 Å². The Morgan fingerprint density at radius 1 is 1.08 bits per heavy atom. The SMILES string of the molecule is O=C(N1CCCC1)C12CCOCC1CN(C(=O)C1(n3cccn3)CC1)C2. The number of carbonyl (C=O) groups is 2. The molecule has 7 heteroatoms. The van der Waals surface area contributed by atoms with Crippen LogP contribution in [0, 0.1) is 11.3 Å². The van der Waals surface area contributed by atoms with E-state index in [9.17, 15) is 9.59 Å². The van der Waals surface area contributed by atoms with Crippen molar-refractivity contribution in [3.05, 3.63) is 18.5 Å². The van der Waals surface area contributed by atoms with Crippen molar-refractivity contribution in [3.63, 3.8) is 0 Å². The molecule has 4 heterocycles. The second-order valence-electron chi connectivity index (χ2n) is 8.35. The molecule has 26 heavy (non-hydrogen) atoms. The molecule has 4 fully saturated rings. The van der Waals surface area contributed by atoms with Crippen LogP contribution in [0.2, 0.25) is 0 Å². The van der Waals surface area contributed by atoms with Gasteiger partial charge in [0.2, 0.25) is 5.91 Å². The lowest BCUT2D eigenvalue weighted by Gasteiger charge is -2.39. The molecule has 2 unspecified atom stereocenters. The van der Waals surface area contributed by atoms with Gasteiger partial charge in [0.15, 0.2) is 0 Å². The first-order valence-electron chi connectivity index (χ1n) is 9.82. The molecular formula is C19H26N4O3. The van der Waals surface area contributed by atoms with Crippen molar-refractivity contribution >= 4 is 11.8 Å². The Morgan fingerprint density at radius 2 is 1.88 bits per heavy atom. The lowest BCUT2D eigenvalue weighted by atomic mass is 9.73. The van der Waals surface area contributed by atoms with Gasteiger partial charge in [-0.15, -0.1) is 0 Å². The quantitative estimate of drug-likeness (QED) is 0.804. The average molecular weight is 358 g/mol. The van der Waals surface area contributed by atoms with Crippen molar-refractivity contribution in [3.8, 4) is 0 Å². The predicted octanol–water partition coefficient (Wildman–Crippen LogP) is 0.860. The lowest BCUT2D eigenvalue weighted by Crippen LogP contribution is -2.51. The van der Waals surface area contributed by atoms with Crippen LogP contribution in [0.25, 0.3) is 0 Å². The zero-order valence-corrected chi connectivity index (χ0v) is 15.1. The van der Waals surface area contributed by atoms with Crippen LogP contribution in [-0.2, 0) is 19.9 Å². The van der Waals surface area contributed by atoms with Crippen molar-refractivity contribution in [2.45, 2.75) is 37.6 Å². The van der Waals surface area contributed by atoms with Gasteiger partial charge < -0.3 is 14.5 Å². The third-order valence-electron chi connectivity index (χ3n) is 6.88. The molecule has 2 amide bonds. The van der Waals surface area contributed by atoms with E-state index in [1.807, 2.05) is 26.7 Å². The molecule has 1 aromatic rings. The van der Waals surface area contributed by atoms with Crippen molar-refractivity contribution in [2.75, 3.05) is 39.4 Å². The summed E-state index contributed by atoms with van der Waals surface area (Å²) < 4.78 is 7.50. The first-order chi connectivity index (χ1) is 12.7. The highest BCUT2D eigenvalue weighted by Crippen LogP contribution is 2.49. The third kappa shape index (κ3) is 2.25. The van der Waals surface area contributed by atoms with E-state index in [1.165, 1.54) is 0 Å². The topological polar surface area (TPSA) is 67.7 Å². The fourth-order valence-corrected chi connectivity index (χ4v) is 5.16. The first-order valence-corrected chi connectivity index (χ1v) is 9.82. The van der Waals surface area contributed by atoms with Gasteiger partial charge in [-0.25, -0.2) is 0 Å². The zero-order chi connectivity index (χ0) is 17.8. The van der Waals surface area contributed by atoms with Crippen LogP contribution in [0.3, 0.4) is 0 Å². The van der Waals surface area contributed by atoms with Crippen molar-refractivity contribution in [2.24, 2.45) is 11.3 Å². The van der Waals surface area contributed by atoms with Gasteiger partial charge in [0.1, 0.15) is 5.54 Å². The molecule has 0 N–H and O–H groups in total. The summed E-state index contributed by atoms with van der Waals surface area (Å²) in [6, 6.07) is 1.86. The Labute approximate surface area is 153 Å². The molecule has 1 saturated carbocycles. The summed E-state index contributed by atoms with van der Waals surface area (Å²) in [7, 11) is 0. The molecule has 5 rings (SSSR count). The van der Waals surface area contributed by atoms with E-state index >= 15 is 0 Å². The highest BCUT2D eigenvalue weighted by atomic mass is 16.5. The number of hydrogen-bond acceptors (Lipinski definition) is 4. The average Bonchev–Trinajstić information content (AvgIpc) is 3.12. The van der Waals surface area contributed by atoms with Crippen LogP contribution >= 0.6 is 0 Å². The molecule has 2 atom stereocenters. The van der Waals surface area contributed by atoms with Crippen LogP contribution in [0.4, 0.5) is 0 Å². The summed E-state index contributed by atoms with van der Waals surface area (Å²) in [5, 5.41) is 4.32. The largest absolute Gasteiger partial charge is 0.381 e. The standard InChI is InChI=1S/C19H26N4O3/c24-16(21-8-1-2-9-21)18-6-11-26-13-15(18)12-22(14-18)17(25)19(4-5-19)23-10-3-7-20-23/h3,7,10,15H,1-2,4-6,8-9,11-14H2. The molecule has 140 valence electrons. The number of carbonyl (C=O) groups excluding carboxylic acids is 2. The minimum absolute atomic E-state index is 0.113. The van der Waals surface area contributed by atoms with Crippen LogP contribution in [0.5, 0.6) is 0 Å². The number of rotatable bonds is 3. The predicted molar refractivity (Wildman–Crippen MR) is 93.2 cm³/mol. The summed E-state index contributed by atoms with van der Waals surface area (Å²) in [6.07, 6.45) is 8.18. The zero-order valence-electron chi connectivity index (χ0n) is 15.1. The van der Waals surface area contributed by atoms with Crippen molar-refractivity contribution < 1.29 is 14.3 Å². The Morgan fingerprint density at radius 3 is 2.58 bits per heavy atom. The lowest BCUT2D eigenvalue weighted by molar-refractivity contribution is -0.149. The summed E-state index contributed by atoms with van der Waals surface area (Å²) in [6.45, 7) is 4.08. The van der Waals surface area contributed by atoms with Gasteiger partial charge in [-0.05, 0) is 38.2 Å². The van der Waals surface area contributed by atoms with E-state index < -0.39 is 11.0 Å². The van der Waals surface area contributed by atoms with Crippen LogP contribution in [0.15, 0.2) is 18.5 Å². The molecule has 1 aliphatic carbocycles. The number of likely N-dealkylation sites (tertiary alicyclic amines) is 2. The molecule has 7 nitrogen and oxygen atoms in total. The molecule has 0 bridgehead atoms. The first kappa shape index (κ1) is 16.3. The smallest absolute Gasteiger partial charge is 0.250 e. The fraction of sp³-hybridized carbons (Fsp3) is 0.737. The molecular weight excluding hydrogens is 332 g/mol. The van der Waals surface area contributed by atoms with E-state index in [1.54, 1.807) is 6.20 Å². The number of fused-ring (bicyclic) bond motifs is 1. The number of aromatic nitrogens is 2. The maximum atomic E-state index is 13.4. The molecule has 1 aromatic heterocycles. The summed E-state index contributed by atoms with van der Waals surface area (Å²) in [5.74, 6) is 0.494. The summed E-state index contributed by atoms with van der Waals surface area (Å²) in [4.78, 5) is 30.7. The maximum absolute atomic E-state index is 13.4. The number of hydrogen-bond donors (Lipinski definition) is 0. The van der Waals surface area contributed by atoms with Crippen LogP contribution in [0.1, 0.15) is 32.1 Å². The van der Waals surface area contributed by atoms with Crippen molar-refractivity contribution in [1.29, 1.82) is 0 Å². The monoisotopic (exact) mass is 358 g/mol. The molecule has 3 saturated heterocycles. The summed E-state index contributed by atoms with van der Waals surface area (Å²) >= 11 is 0. The second-order valence-corrected chi connectivity index (χ2v) is 8.35. The highest BCUT2D eigenvalue weighted by Gasteiger charge is 2.61. The number of ether oxygens (including phenoxy) is 1. The van der Waals surface area contributed by atoms with Crippen LogP contribution in [-0.4, -0.2) is 70.8 Å². The number of nitrogens with zero attached hydrogens (tertiary/aromatic N) is 4. The third-order valence-corrected chi connectivity index (χ3v) is 6.88.